The van der Waals surface area contributed by atoms with Crippen molar-refractivity contribution in [2.75, 3.05) is 38.8 Å². The van der Waals surface area contributed by atoms with Crippen molar-refractivity contribution in [2.45, 2.75) is 19.3 Å². The van der Waals surface area contributed by atoms with E-state index in [1.807, 2.05) is 23.1 Å². The number of rotatable bonds is 6. The van der Waals surface area contributed by atoms with Crippen LogP contribution in [-0.2, 0) is 0 Å². The Balaban J connectivity index is 1.85. The van der Waals surface area contributed by atoms with Gasteiger partial charge in [-0.2, -0.15) is 0 Å². The highest BCUT2D eigenvalue weighted by Gasteiger charge is 2.34. The molecule has 0 radical (unpaired) electrons. The summed E-state index contributed by atoms with van der Waals surface area (Å²) >= 11 is 0. The molecule has 0 spiro atoms. The van der Waals surface area contributed by atoms with Crippen molar-refractivity contribution in [1.82, 2.24) is 0 Å². The molecule has 1 aliphatic heterocycles. The molecule has 2 aromatic rings. The van der Waals surface area contributed by atoms with Crippen LogP contribution >= 0.6 is 0 Å². The quantitative estimate of drug-likeness (QED) is 0.751. The monoisotopic (exact) mass is 331 g/mol. The number of hydrogen-bond donors (Lipinski definition) is 0. The number of benzene rings is 1. The number of hydrogen-bond acceptors (Lipinski definition) is 6. The second-order valence-corrected chi connectivity index (χ2v) is 5.81. The molecule has 1 saturated heterocycles. The molecule has 0 aliphatic carbocycles. The van der Waals surface area contributed by atoms with Crippen molar-refractivity contribution in [3.05, 3.63) is 44.2 Å². The van der Waals surface area contributed by atoms with Gasteiger partial charge in [-0.1, -0.05) is 0 Å². The van der Waals surface area contributed by atoms with Gasteiger partial charge < -0.3 is 19.1 Å². The van der Waals surface area contributed by atoms with Crippen LogP contribution in [0.4, 0.5) is 5.69 Å². The van der Waals surface area contributed by atoms with Crippen LogP contribution in [0.2, 0.25) is 0 Å². The van der Waals surface area contributed by atoms with Crippen LogP contribution in [0, 0.1) is 0 Å². The largest absolute Gasteiger partial charge is 0.497 e. The van der Waals surface area contributed by atoms with Crippen molar-refractivity contribution in [1.29, 1.82) is 0 Å². The molecular formula is C18H21NO5. The first kappa shape index (κ1) is 16.4. The van der Waals surface area contributed by atoms with Gasteiger partial charge in [-0.3, -0.25) is 9.59 Å². The third-order valence-corrected chi connectivity index (χ3v) is 4.51. The Morgan fingerprint density at radius 2 is 1.96 bits per heavy atom. The summed E-state index contributed by atoms with van der Waals surface area (Å²) in [5, 5.41) is 0. The first-order valence-electron chi connectivity index (χ1n) is 8.03. The molecule has 24 heavy (non-hydrogen) atoms. The zero-order chi connectivity index (χ0) is 17.3. The molecule has 128 valence electrons. The summed E-state index contributed by atoms with van der Waals surface area (Å²) in [6.45, 7) is 3.53. The van der Waals surface area contributed by atoms with Gasteiger partial charge in [-0.05, 0) is 31.5 Å². The van der Waals surface area contributed by atoms with Crippen LogP contribution in [-0.4, -0.2) is 33.9 Å². The van der Waals surface area contributed by atoms with Crippen molar-refractivity contribution >= 4 is 5.69 Å². The van der Waals surface area contributed by atoms with Gasteiger partial charge in [0.15, 0.2) is 5.75 Å². The SMILES string of the molecule is CCOc1c(N2CCC(c3cc(OC)ccc3OC)C2)c(=O)c1=O. The summed E-state index contributed by atoms with van der Waals surface area (Å²) in [4.78, 5) is 25.5. The molecule has 2 aromatic carbocycles. The van der Waals surface area contributed by atoms with E-state index in [4.69, 9.17) is 14.2 Å². The van der Waals surface area contributed by atoms with Gasteiger partial charge in [0.2, 0.25) is 0 Å². The zero-order valence-electron chi connectivity index (χ0n) is 14.1. The van der Waals surface area contributed by atoms with E-state index in [9.17, 15) is 9.59 Å². The van der Waals surface area contributed by atoms with E-state index in [-0.39, 0.29) is 11.7 Å². The maximum absolute atomic E-state index is 11.9. The molecule has 1 fully saturated rings. The predicted octanol–water partition coefficient (Wildman–Crippen LogP) is 1.69. The predicted molar refractivity (Wildman–Crippen MR) is 91.6 cm³/mol. The lowest BCUT2D eigenvalue weighted by molar-refractivity contribution is 0.333. The summed E-state index contributed by atoms with van der Waals surface area (Å²) in [7, 11) is 3.27. The molecule has 3 rings (SSSR count). The van der Waals surface area contributed by atoms with E-state index < -0.39 is 10.9 Å². The average Bonchev–Trinajstić information content (AvgIpc) is 3.09. The highest BCUT2D eigenvalue weighted by molar-refractivity contribution is 5.64. The standard InChI is InChI=1S/C18H21NO5/c1-4-24-18-15(16(20)17(18)21)19-8-7-11(10-19)13-9-12(22-2)5-6-14(13)23-3/h5-6,9,11H,4,7-8,10H2,1-3H3. The lowest BCUT2D eigenvalue weighted by Gasteiger charge is -2.22. The lowest BCUT2D eigenvalue weighted by atomic mass is 9.97. The Hall–Kier alpha value is -2.50. The van der Waals surface area contributed by atoms with E-state index in [0.717, 1.165) is 23.5 Å². The molecule has 6 nitrogen and oxygen atoms in total. The van der Waals surface area contributed by atoms with Crippen LogP contribution in [0.1, 0.15) is 24.8 Å². The maximum atomic E-state index is 11.9. The summed E-state index contributed by atoms with van der Waals surface area (Å²) in [6.07, 6.45) is 0.869. The fraction of sp³-hybridized carbons (Fsp3) is 0.444. The molecule has 1 atom stereocenters. The molecule has 0 amide bonds. The minimum absolute atomic E-state index is 0.203. The van der Waals surface area contributed by atoms with Crippen LogP contribution in [0.3, 0.4) is 0 Å². The fourth-order valence-corrected chi connectivity index (χ4v) is 3.30. The van der Waals surface area contributed by atoms with Crippen LogP contribution in [0.15, 0.2) is 27.8 Å². The minimum atomic E-state index is -0.519. The Kier molecular flexibility index (Phi) is 4.46. The van der Waals surface area contributed by atoms with Gasteiger partial charge in [0.05, 0.1) is 20.8 Å². The number of anilines is 1. The van der Waals surface area contributed by atoms with Crippen molar-refractivity contribution < 1.29 is 14.2 Å². The third kappa shape index (κ3) is 2.62. The highest BCUT2D eigenvalue weighted by Crippen LogP contribution is 2.38. The second-order valence-electron chi connectivity index (χ2n) is 5.81. The van der Waals surface area contributed by atoms with E-state index in [1.165, 1.54) is 0 Å². The van der Waals surface area contributed by atoms with Gasteiger partial charge >= 0.3 is 0 Å². The van der Waals surface area contributed by atoms with E-state index in [1.54, 1.807) is 21.1 Å². The Bertz CT molecular complexity index is 806. The molecule has 1 unspecified atom stereocenters. The Morgan fingerprint density at radius 3 is 2.62 bits per heavy atom. The molecule has 0 bridgehead atoms. The van der Waals surface area contributed by atoms with Gasteiger partial charge in [0, 0.05) is 24.6 Å². The summed E-state index contributed by atoms with van der Waals surface area (Å²) in [5.74, 6) is 1.99. The van der Waals surface area contributed by atoms with Crippen LogP contribution in [0.25, 0.3) is 0 Å². The van der Waals surface area contributed by atoms with Crippen molar-refractivity contribution in [3.8, 4) is 17.2 Å². The Labute approximate surface area is 140 Å². The van der Waals surface area contributed by atoms with Gasteiger partial charge in [-0.15, -0.1) is 0 Å². The molecular weight excluding hydrogens is 310 g/mol. The first-order valence-corrected chi connectivity index (χ1v) is 8.03. The summed E-state index contributed by atoms with van der Waals surface area (Å²) in [5.41, 5.74) is 0.508. The second kappa shape index (κ2) is 6.55. The zero-order valence-corrected chi connectivity index (χ0v) is 14.1. The Morgan fingerprint density at radius 1 is 1.17 bits per heavy atom. The first-order chi connectivity index (χ1) is 11.6. The number of ether oxygens (including phenoxy) is 3. The molecule has 0 aromatic heterocycles. The van der Waals surface area contributed by atoms with Crippen LogP contribution < -0.4 is 30.0 Å². The van der Waals surface area contributed by atoms with Gasteiger partial charge in [-0.25, -0.2) is 0 Å². The molecule has 1 heterocycles. The third-order valence-electron chi connectivity index (χ3n) is 4.51. The van der Waals surface area contributed by atoms with Gasteiger partial charge in [0.1, 0.15) is 17.2 Å². The summed E-state index contributed by atoms with van der Waals surface area (Å²) in [6, 6.07) is 5.72. The highest BCUT2D eigenvalue weighted by atomic mass is 16.5. The topological polar surface area (TPSA) is 65.1 Å². The van der Waals surface area contributed by atoms with Crippen molar-refractivity contribution in [3.63, 3.8) is 0 Å². The maximum Gasteiger partial charge on any atom is 0.272 e. The molecule has 0 saturated carbocycles. The van der Waals surface area contributed by atoms with Gasteiger partial charge in [0.25, 0.3) is 10.9 Å². The fourth-order valence-electron chi connectivity index (χ4n) is 3.30. The van der Waals surface area contributed by atoms with E-state index in [0.29, 0.717) is 25.4 Å². The normalized spacial score (nSPS) is 17.3. The van der Waals surface area contributed by atoms with E-state index in [2.05, 4.69) is 0 Å². The summed E-state index contributed by atoms with van der Waals surface area (Å²) < 4.78 is 16.1. The average molecular weight is 331 g/mol. The van der Waals surface area contributed by atoms with Crippen LogP contribution in [0.5, 0.6) is 17.2 Å². The number of methoxy groups -OCH3 is 2. The molecule has 0 N–H and O–H groups in total. The number of nitrogens with zero attached hydrogens (tertiary/aromatic N) is 1. The van der Waals surface area contributed by atoms with Crippen molar-refractivity contribution in [2.24, 2.45) is 0 Å². The minimum Gasteiger partial charge on any atom is -0.497 e. The lowest BCUT2D eigenvalue weighted by Crippen LogP contribution is -2.40. The van der Waals surface area contributed by atoms with E-state index >= 15 is 0 Å². The molecule has 1 aliphatic rings. The smallest absolute Gasteiger partial charge is 0.272 e. The molecule has 6 heteroatoms.